The molecule has 0 amide bonds. The summed E-state index contributed by atoms with van der Waals surface area (Å²) < 4.78 is 198. The molecule has 0 bridgehead atoms. The van der Waals surface area contributed by atoms with Gasteiger partial charge in [-0.1, -0.05) is 32.9 Å². The topological polar surface area (TPSA) is 58.6 Å². The van der Waals surface area contributed by atoms with Crippen LogP contribution in [0.1, 0.15) is 65.2 Å². The maximum absolute atomic E-state index is 13.7. The van der Waals surface area contributed by atoms with Crippen molar-refractivity contribution in [2.24, 2.45) is 0 Å². The van der Waals surface area contributed by atoms with Crippen LogP contribution >= 0.6 is 0 Å². The number of benzene rings is 1. The van der Waals surface area contributed by atoms with Gasteiger partial charge in [0, 0.05) is 11.1 Å². The SMILES string of the molecule is CC(C)(C)c1cc2c3c(c1)C(C(F)(F)F)(C(F)(F)F)OS3(=O)([O-])OC2(C(F)(F)F)C(F)(F)F.CC[N+](CC)(CC)CC. The van der Waals surface area contributed by atoms with E-state index in [9.17, 15) is 61.4 Å². The summed E-state index contributed by atoms with van der Waals surface area (Å²) >= 11 is 0. The van der Waals surface area contributed by atoms with Gasteiger partial charge in [-0.05, 0) is 38.7 Å². The van der Waals surface area contributed by atoms with Crippen molar-refractivity contribution in [2.45, 2.75) is 94.7 Å². The molecule has 18 heteroatoms. The van der Waals surface area contributed by atoms with Crippen molar-refractivity contribution in [3.8, 4) is 0 Å². The third-order valence-electron chi connectivity index (χ3n) is 7.86. The zero-order valence-corrected chi connectivity index (χ0v) is 24.3. The average molecular weight is 658 g/mol. The first-order chi connectivity index (χ1) is 18.4. The van der Waals surface area contributed by atoms with Gasteiger partial charge in [-0.3, -0.25) is 8.37 Å². The predicted octanol–water partition coefficient (Wildman–Crippen LogP) is 7.71. The number of nitrogens with zero attached hydrogens (tertiary/aromatic N) is 1. The molecule has 2 heterocycles. The molecule has 5 nitrogen and oxygen atoms in total. The fraction of sp³-hybridized carbons (Fsp3) is 0.750. The Morgan fingerprint density at radius 3 is 1.10 bits per heavy atom. The predicted molar refractivity (Wildman–Crippen MR) is 124 cm³/mol. The third-order valence-corrected chi connectivity index (χ3v) is 10.0. The lowest BCUT2D eigenvalue weighted by molar-refractivity contribution is -0.921. The van der Waals surface area contributed by atoms with E-state index in [0.717, 1.165) is 20.8 Å². The summed E-state index contributed by atoms with van der Waals surface area (Å²) in [6.07, 6.45) is -26.8. The first kappa shape index (κ1) is 36.6. The molecule has 3 rings (SSSR count). The average Bonchev–Trinajstić information content (AvgIpc) is 3.18. The van der Waals surface area contributed by atoms with Crippen LogP contribution in [-0.4, -0.2) is 64.1 Å². The van der Waals surface area contributed by atoms with E-state index in [1.807, 2.05) is 0 Å². The van der Waals surface area contributed by atoms with E-state index in [1.165, 1.54) is 30.7 Å². The largest absolute Gasteiger partial charge is 0.745 e. The van der Waals surface area contributed by atoms with E-state index in [2.05, 4.69) is 36.1 Å². The van der Waals surface area contributed by atoms with Gasteiger partial charge in [-0.25, -0.2) is 4.21 Å². The van der Waals surface area contributed by atoms with Crippen LogP contribution in [0.4, 0.5) is 52.7 Å². The molecule has 0 spiro atoms. The fourth-order valence-corrected chi connectivity index (χ4v) is 7.77. The molecular formula is C24H31F12NO4S. The molecule has 0 radical (unpaired) electrons. The molecule has 0 atom stereocenters. The van der Waals surface area contributed by atoms with Crippen LogP contribution < -0.4 is 0 Å². The Balaban J connectivity index is 0.000000592. The van der Waals surface area contributed by atoms with Crippen LogP contribution in [0, 0.1) is 0 Å². The number of hydrogen-bond donors (Lipinski definition) is 0. The van der Waals surface area contributed by atoms with Crippen LogP contribution in [-0.2, 0) is 34.9 Å². The summed E-state index contributed by atoms with van der Waals surface area (Å²) in [5, 5.41) is 0. The van der Waals surface area contributed by atoms with Gasteiger partial charge in [0.15, 0.2) is 0 Å². The molecule has 2 aliphatic heterocycles. The minimum Gasteiger partial charge on any atom is -0.745 e. The minimum atomic E-state index is -8.24. The smallest absolute Gasteiger partial charge is 0.432 e. The van der Waals surface area contributed by atoms with Crippen LogP contribution in [0.25, 0.3) is 0 Å². The second kappa shape index (κ2) is 9.94. The highest BCUT2D eigenvalue weighted by molar-refractivity contribution is 8.07. The summed E-state index contributed by atoms with van der Waals surface area (Å²) in [6.45, 7) is 17.4. The van der Waals surface area contributed by atoms with Gasteiger partial charge >= 0.3 is 24.7 Å². The molecular weight excluding hydrogens is 626 g/mol. The highest BCUT2D eigenvalue weighted by Gasteiger charge is 2.87. The molecule has 246 valence electrons. The van der Waals surface area contributed by atoms with Gasteiger partial charge in [0.05, 0.1) is 41.0 Å². The molecule has 1 aromatic carbocycles. The standard InChI is InChI=1S/C16H12F12O4S.C8H20N/c1-10(2,3)6-4-7-9-8(5-6)12(15(23,24)25,16(26,27)28)32-33(9,29,30)31-11(7,13(17,18)19)14(20,21)22;1-5-9(6-2,7-3)8-4/h4-5H,1-3H3,(H,29,30);5-8H2,1-4H3/q;+1/p-1. The van der Waals surface area contributed by atoms with E-state index in [0.29, 0.717) is 0 Å². The van der Waals surface area contributed by atoms with Gasteiger partial charge in [0.25, 0.3) is 11.2 Å². The van der Waals surface area contributed by atoms with Gasteiger partial charge in [0.1, 0.15) is 0 Å². The number of hydrogen-bond acceptors (Lipinski definition) is 4. The summed E-state index contributed by atoms with van der Waals surface area (Å²) in [5.41, 5.74) is -19.2. The first-order valence-corrected chi connectivity index (χ1v) is 14.3. The third kappa shape index (κ3) is 5.11. The highest BCUT2D eigenvalue weighted by atomic mass is 32.3. The zero-order chi connectivity index (χ0) is 33.4. The van der Waals surface area contributed by atoms with Crippen LogP contribution in [0.3, 0.4) is 0 Å². The van der Waals surface area contributed by atoms with E-state index in [-0.39, 0.29) is 12.1 Å². The molecule has 0 saturated carbocycles. The van der Waals surface area contributed by atoms with Crippen molar-refractivity contribution in [1.82, 2.24) is 0 Å². The Bertz CT molecular complexity index is 1140. The summed E-state index contributed by atoms with van der Waals surface area (Å²) in [7, 11) is -8.24. The number of rotatable bonds is 4. The summed E-state index contributed by atoms with van der Waals surface area (Å²) in [6, 6.07) is -0.185. The summed E-state index contributed by atoms with van der Waals surface area (Å²) in [5.74, 6) is 0. The molecule has 0 unspecified atom stereocenters. The van der Waals surface area contributed by atoms with Crippen molar-refractivity contribution in [3.05, 3.63) is 28.8 Å². The Kier molecular flexibility index (Phi) is 8.65. The fourth-order valence-electron chi connectivity index (χ4n) is 5.03. The second-order valence-corrected chi connectivity index (χ2v) is 13.2. The molecule has 0 saturated heterocycles. The highest BCUT2D eigenvalue weighted by Crippen LogP contribution is 2.73. The lowest BCUT2D eigenvalue weighted by atomic mass is 9.78. The Hall–Kier alpha value is -1.63. The van der Waals surface area contributed by atoms with E-state index < -0.39 is 72.8 Å². The van der Waals surface area contributed by atoms with Crippen LogP contribution in [0.5, 0.6) is 0 Å². The van der Waals surface area contributed by atoms with E-state index in [4.69, 9.17) is 0 Å². The van der Waals surface area contributed by atoms with Gasteiger partial charge in [-0.2, -0.15) is 52.7 Å². The van der Waals surface area contributed by atoms with Crippen molar-refractivity contribution in [3.63, 3.8) is 0 Å². The molecule has 42 heavy (non-hydrogen) atoms. The quantitative estimate of drug-likeness (QED) is 0.246. The molecule has 0 aliphatic carbocycles. The van der Waals surface area contributed by atoms with E-state index >= 15 is 0 Å². The Morgan fingerprint density at radius 1 is 0.667 bits per heavy atom. The number of alkyl halides is 12. The normalized spacial score (nSPS) is 22.0. The van der Waals surface area contributed by atoms with Crippen molar-refractivity contribution >= 4 is 9.91 Å². The van der Waals surface area contributed by atoms with Gasteiger partial charge in [-0.15, -0.1) is 0 Å². The maximum Gasteiger partial charge on any atom is 0.432 e. The number of quaternary nitrogens is 1. The Labute approximate surface area is 234 Å². The lowest BCUT2D eigenvalue weighted by Gasteiger charge is -2.47. The molecule has 2 aliphatic rings. The summed E-state index contributed by atoms with van der Waals surface area (Å²) in [4.78, 5) is -2.62. The lowest BCUT2D eigenvalue weighted by Crippen LogP contribution is -2.60. The molecule has 0 N–H and O–H groups in total. The number of halogens is 12. The second-order valence-electron chi connectivity index (χ2n) is 11.0. The van der Waals surface area contributed by atoms with Gasteiger partial charge < -0.3 is 9.04 Å². The Morgan fingerprint density at radius 2 is 0.929 bits per heavy atom. The van der Waals surface area contributed by atoms with Gasteiger partial charge in [0.2, 0.25) is 0 Å². The minimum absolute atomic E-state index is 0.0927. The van der Waals surface area contributed by atoms with E-state index in [1.54, 1.807) is 0 Å². The molecule has 0 aromatic heterocycles. The molecule has 0 fully saturated rings. The maximum atomic E-state index is 13.7. The van der Waals surface area contributed by atoms with Crippen molar-refractivity contribution in [1.29, 1.82) is 0 Å². The van der Waals surface area contributed by atoms with Crippen molar-refractivity contribution in [2.75, 3.05) is 26.2 Å². The first-order valence-electron chi connectivity index (χ1n) is 12.5. The zero-order valence-electron chi connectivity index (χ0n) is 23.5. The van der Waals surface area contributed by atoms with Crippen LogP contribution in [0.15, 0.2) is 17.0 Å². The molecule has 1 aromatic rings. The van der Waals surface area contributed by atoms with Crippen molar-refractivity contribution < 1.29 is 74.3 Å². The monoisotopic (exact) mass is 657 g/mol. The van der Waals surface area contributed by atoms with Crippen LogP contribution in [0.2, 0.25) is 0 Å².